The van der Waals surface area contributed by atoms with Crippen molar-refractivity contribution < 1.29 is 22.9 Å². The molecular formula is C11H16FN2O5P. The SMILES string of the molecule is CCOP(=O)(CNc1ccc(F)cc1[N+](=O)[O-])OCC. The van der Waals surface area contributed by atoms with Crippen molar-refractivity contribution in [1.82, 2.24) is 0 Å². The molecule has 0 amide bonds. The van der Waals surface area contributed by atoms with Crippen LogP contribution in [0.3, 0.4) is 0 Å². The average molecular weight is 306 g/mol. The van der Waals surface area contributed by atoms with Crippen LogP contribution in [0, 0.1) is 15.9 Å². The van der Waals surface area contributed by atoms with E-state index in [2.05, 4.69) is 5.32 Å². The van der Waals surface area contributed by atoms with Crippen molar-refractivity contribution in [3.8, 4) is 0 Å². The Morgan fingerprint density at radius 2 is 1.95 bits per heavy atom. The quantitative estimate of drug-likeness (QED) is 0.450. The second kappa shape index (κ2) is 7.33. The number of nitrogens with one attached hydrogen (secondary N) is 1. The molecule has 0 radical (unpaired) electrons. The summed E-state index contributed by atoms with van der Waals surface area (Å²) in [5.41, 5.74) is -0.388. The van der Waals surface area contributed by atoms with Gasteiger partial charge in [0.1, 0.15) is 17.8 Å². The molecule has 20 heavy (non-hydrogen) atoms. The third-order valence-corrected chi connectivity index (χ3v) is 4.12. The number of nitro benzene ring substituents is 1. The Bertz CT molecular complexity index is 516. The molecule has 1 N–H and O–H groups in total. The zero-order valence-corrected chi connectivity index (χ0v) is 12.1. The first-order valence-electron chi connectivity index (χ1n) is 5.97. The Kier molecular flexibility index (Phi) is 6.06. The molecule has 0 saturated heterocycles. The first-order chi connectivity index (χ1) is 9.41. The molecule has 0 aliphatic rings. The van der Waals surface area contributed by atoms with E-state index < -0.39 is 24.0 Å². The van der Waals surface area contributed by atoms with Crippen molar-refractivity contribution in [2.45, 2.75) is 13.8 Å². The summed E-state index contributed by atoms with van der Waals surface area (Å²) in [5, 5.41) is 13.4. The Morgan fingerprint density at radius 1 is 1.35 bits per heavy atom. The molecule has 0 aromatic heterocycles. The van der Waals surface area contributed by atoms with Crippen LogP contribution < -0.4 is 5.32 Å². The topological polar surface area (TPSA) is 90.7 Å². The number of rotatable bonds is 8. The van der Waals surface area contributed by atoms with Crippen molar-refractivity contribution in [3.63, 3.8) is 0 Å². The van der Waals surface area contributed by atoms with Gasteiger partial charge in [0.15, 0.2) is 0 Å². The van der Waals surface area contributed by atoms with Crippen LogP contribution in [-0.2, 0) is 13.6 Å². The van der Waals surface area contributed by atoms with Gasteiger partial charge in [0.05, 0.1) is 24.2 Å². The van der Waals surface area contributed by atoms with Crippen LogP contribution in [0.1, 0.15) is 13.8 Å². The molecule has 0 unspecified atom stereocenters. The van der Waals surface area contributed by atoms with Crippen LogP contribution in [0.2, 0.25) is 0 Å². The summed E-state index contributed by atoms with van der Waals surface area (Å²) >= 11 is 0. The van der Waals surface area contributed by atoms with E-state index >= 15 is 0 Å². The van der Waals surface area contributed by atoms with Crippen LogP contribution in [0.4, 0.5) is 15.8 Å². The minimum atomic E-state index is -3.37. The van der Waals surface area contributed by atoms with Crippen LogP contribution >= 0.6 is 7.60 Å². The highest BCUT2D eigenvalue weighted by Crippen LogP contribution is 2.47. The van der Waals surface area contributed by atoms with Gasteiger partial charge in [-0.15, -0.1) is 0 Å². The fourth-order valence-corrected chi connectivity index (χ4v) is 2.92. The summed E-state index contributed by atoms with van der Waals surface area (Å²) in [6.07, 6.45) is -0.235. The third kappa shape index (κ3) is 4.56. The van der Waals surface area contributed by atoms with Gasteiger partial charge in [0, 0.05) is 0 Å². The normalized spacial score (nSPS) is 11.3. The van der Waals surface area contributed by atoms with Gasteiger partial charge in [-0.1, -0.05) is 0 Å². The van der Waals surface area contributed by atoms with Crippen LogP contribution in [0.15, 0.2) is 18.2 Å². The highest BCUT2D eigenvalue weighted by atomic mass is 31.2. The van der Waals surface area contributed by atoms with Crippen LogP contribution in [0.5, 0.6) is 0 Å². The average Bonchev–Trinajstić information content (AvgIpc) is 2.37. The van der Waals surface area contributed by atoms with E-state index in [0.29, 0.717) is 0 Å². The van der Waals surface area contributed by atoms with Gasteiger partial charge in [-0.2, -0.15) is 0 Å². The van der Waals surface area contributed by atoms with Gasteiger partial charge >= 0.3 is 7.60 Å². The number of nitrogens with zero attached hydrogens (tertiary/aromatic N) is 1. The Labute approximate surface area is 115 Å². The first-order valence-corrected chi connectivity index (χ1v) is 7.70. The van der Waals surface area contributed by atoms with Crippen molar-refractivity contribution in [1.29, 1.82) is 0 Å². The monoisotopic (exact) mass is 306 g/mol. The van der Waals surface area contributed by atoms with Gasteiger partial charge in [-0.3, -0.25) is 14.7 Å². The van der Waals surface area contributed by atoms with Crippen LogP contribution in [0.25, 0.3) is 0 Å². The van der Waals surface area contributed by atoms with E-state index in [1.54, 1.807) is 13.8 Å². The molecule has 0 atom stereocenters. The predicted octanol–water partition coefficient (Wildman–Crippen LogP) is 3.37. The Balaban J connectivity index is 2.88. The largest absolute Gasteiger partial charge is 0.368 e. The number of nitro groups is 1. The number of halogens is 1. The molecule has 9 heteroatoms. The molecule has 0 fully saturated rings. The number of benzene rings is 1. The van der Waals surface area contributed by atoms with Gasteiger partial charge in [0.2, 0.25) is 0 Å². The Hall–Kier alpha value is -1.50. The predicted molar refractivity (Wildman–Crippen MR) is 72.4 cm³/mol. The lowest BCUT2D eigenvalue weighted by Crippen LogP contribution is -2.09. The van der Waals surface area contributed by atoms with Crippen molar-refractivity contribution in [3.05, 3.63) is 34.1 Å². The second-order valence-corrected chi connectivity index (χ2v) is 5.75. The van der Waals surface area contributed by atoms with E-state index in [9.17, 15) is 19.1 Å². The summed E-state index contributed by atoms with van der Waals surface area (Å²) in [6.45, 7) is 3.69. The molecule has 7 nitrogen and oxygen atoms in total. The van der Waals surface area contributed by atoms with E-state index in [1.807, 2.05) is 0 Å². The maximum Gasteiger partial charge on any atom is 0.349 e. The molecule has 1 aromatic carbocycles. The van der Waals surface area contributed by atoms with Crippen molar-refractivity contribution in [2.24, 2.45) is 0 Å². The lowest BCUT2D eigenvalue weighted by molar-refractivity contribution is -0.384. The summed E-state index contributed by atoms with van der Waals surface area (Å²) in [7, 11) is -3.37. The molecule has 1 rings (SSSR count). The molecule has 0 aliphatic carbocycles. The van der Waals surface area contributed by atoms with Crippen LogP contribution in [-0.4, -0.2) is 24.4 Å². The zero-order valence-electron chi connectivity index (χ0n) is 11.2. The van der Waals surface area contributed by atoms with Crippen molar-refractivity contribution >= 4 is 19.0 Å². The lowest BCUT2D eigenvalue weighted by Gasteiger charge is -2.17. The molecule has 0 heterocycles. The number of hydrogen-bond acceptors (Lipinski definition) is 6. The summed E-state index contributed by atoms with van der Waals surface area (Å²) in [6, 6.07) is 3.06. The fourth-order valence-electron chi connectivity index (χ4n) is 1.51. The van der Waals surface area contributed by atoms with Gasteiger partial charge in [-0.05, 0) is 26.0 Å². The zero-order chi connectivity index (χ0) is 15.2. The summed E-state index contributed by atoms with van der Waals surface area (Å²) in [5.74, 6) is -0.722. The third-order valence-electron chi connectivity index (χ3n) is 2.27. The maximum absolute atomic E-state index is 13.0. The maximum atomic E-state index is 13.0. The van der Waals surface area contributed by atoms with E-state index in [4.69, 9.17) is 9.05 Å². The molecule has 0 bridgehead atoms. The van der Waals surface area contributed by atoms with Gasteiger partial charge < -0.3 is 14.4 Å². The van der Waals surface area contributed by atoms with Gasteiger partial charge in [-0.25, -0.2) is 4.39 Å². The minimum Gasteiger partial charge on any atom is -0.368 e. The minimum absolute atomic E-state index is 0.0519. The molecule has 1 aromatic rings. The van der Waals surface area contributed by atoms with E-state index in [1.165, 1.54) is 6.07 Å². The highest BCUT2D eigenvalue weighted by molar-refractivity contribution is 7.53. The van der Waals surface area contributed by atoms with Gasteiger partial charge in [0.25, 0.3) is 5.69 Å². The lowest BCUT2D eigenvalue weighted by atomic mass is 10.2. The van der Waals surface area contributed by atoms with Crippen molar-refractivity contribution in [2.75, 3.05) is 24.8 Å². The number of hydrogen-bond donors (Lipinski definition) is 1. The highest BCUT2D eigenvalue weighted by Gasteiger charge is 2.25. The molecule has 112 valence electrons. The first kappa shape index (κ1) is 16.6. The standard InChI is InChI=1S/C11H16FN2O5P/c1-3-18-20(17,19-4-2)8-13-10-6-5-9(12)7-11(10)14(15)16/h5-7,13H,3-4,8H2,1-2H3. The molecule has 0 saturated carbocycles. The smallest absolute Gasteiger partial charge is 0.349 e. The molecule has 0 aliphatic heterocycles. The summed E-state index contributed by atoms with van der Waals surface area (Å²) in [4.78, 5) is 10.1. The molecule has 0 spiro atoms. The van der Waals surface area contributed by atoms with E-state index in [-0.39, 0.29) is 25.2 Å². The second-order valence-electron chi connectivity index (χ2n) is 3.70. The Morgan fingerprint density at radius 3 is 2.45 bits per heavy atom. The molecular weight excluding hydrogens is 290 g/mol. The van der Waals surface area contributed by atoms with E-state index in [0.717, 1.165) is 12.1 Å². The number of anilines is 1. The fraction of sp³-hybridized carbons (Fsp3) is 0.455. The summed E-state index contributed by atoms with van der Waals surface area (Å²) < 4.78 is 35.3.